The molecule has 2 aromatic rings. The first-order valence-corrected chi connectivity index (χ1v) is 6.05. The summed E-state index contributed by atoms with van der Waals surface area (Å²) < 4.78 is 0. The Bertz CT molecular complexity index is 494. The van der Waals surface area contributed by atoms with E-state index in [9.17, 15) is 0 Å². The molecule has 0 aliphatic rings. The van der Waals surface area contributed by atoms with Crippen LogP contribution < -0.4 is 4.90 Å². The minimum absolute atomic E-state index is 0.521. The maximum atomic E-state index is 5.92. The summed E-state index contributed by atoms with van der Waals surface area (Å²) in [6.45, 7) is 5.04. The molecule has 0 radical (unpaired) electrons. The highest BCUT2D eigenvalue weighted by Gasteiger charge is 2.08. The zero-order valence-electron chi connectivity index (χ0n) is 10.0. The molecule has 0 fully saturated rings. The molecule has 1 heterocycles. The second kappa shape index (κ2) is 5.19. The smallest absolute Gasteiger partial charge is 0.134 e. The van der Waals surface area contributed by atoms with Crippen LogP contribution in [0.5, 0.6) is 0 Å². The van der Waals surface area contributed by atoms with Gasteiger partial charge < -0.3 is 4.90 Å². The molecule has 0 saturated heterocycles. The molecular weight excluding hydrogens is 232 g/mol. The second-order valence-electron chi connectivity index (χ2n) is 3.90. The average Bonchev–Trinajstić information content (AvgIpc) is 2.33. The Morgan fingerprint density at radius 2 is 1.82 bits per heavy atom. The number of hydrogen-bond acceptors (Lipinski definition) is 2. The Kier molecular flexibility index (Phi) is 3.64. The lowest BCUT2D eigenvalue weighted by Gasteiger charge is -2.22. The highest BCUT2D eigenvalue weighted by atomic mass is 35.5. The van der Waals surface area contributed by atoms with Gasteiger partial charge in [-0.05, 0) is 38.1 Å². The van der Waals surface area contributed by atoms with Crippen LogP contribution in [0.25, 0.3) is 0 Å². The molecule has 88 valence electrons. The van der Waals surface area contributed by atoms with E-state index >= 15 is 0 Å². The number of rotatable bonds is 3. The van der Waals surface area contributed by atoms with Crippen LogP contribution in [0.3, 0.4) is 0 Å². The minimum atomic E-state index is 0.521. The summed E-state index contributed by atoms with van der Waals surface area (Å²) in [7, 11) is 0. The van der Waals surface area contributed by atoms with Crippen molar-refractivity contribution < 1.29 is 0 Å². The molecule has 0 spiro atoms. The van der Waals surface area contributed by atoms with E-state index in [1.807, 2.05) is 12.1 Å². The highest BCUT2D eigenvalue weighted by Crippen LogP contribution is 2.24. The zero-order valence-corrected chi connectivity index (χ0v) is 10.8. The van der Waals surface area contributed by atoms with Crippen LogP contribution in [0.2, 0.25) is 5.15 Å². The molecule has 0 N–H and O–H groups in total. The van der Waals surface area contributed by atoms with Crippen molar-refractivity contribution in [1.29, 1.82) is 0 Å². The number of aromatic nitrogens is 1. The average molecular weight is 247 g/mol. The first kappa shape index (κ1) is 11.9. The molecule has 3 heteroatoms. The van der Waals surface area contributed by atoms with Gasteiger partial charge in [0.1, 0.15) is 11.0 Å². The van der Waals surface area contributed by atoms with Gasteiger partial charge in [0.25, 0.3) is 0 Å². The highest BCUT2D eigenvalue weighted by molar-refractivity contribution is 6.29. The Hall–Kier alpha value is -1.54. The van der Waals surface area contributed by atoms with Gasteiger partial charge in [0.05, 0.1) is 0 Å². The first-order chi connectivity index (χ1) is 8.20. The number of pyridine rings is 1. The third-order valence-corrected chi connectivity index (χ3v) is 2.85. The van der Waals surface area contributed by atoms with Gasteiger partial charge in [0.2, 0.25) is 0 Å². The third kappa shape index (κ3) is 2.77. The molecule has 0 aliphatic carbocycles. The molecule has 0 saturated carbocycles. The Morgan fingerprint density at radius 1 is 1.12 bits per heavy atom. The Morgan fingerprint density at radius 3 is 2.41 bits per heavy atom. The summed E-state index contributed by atoms with van der Waals surface area (Å²) in [5.74, 6) is 0.879. The normalized spacial score (nSPS) is 10.3. The maximum absolute atomic E-state index is 5.92. The molecule has 0 atom stereocenters. The van der Waals surface area contributed by atoms with Crippen molar-refractivity contribution in [2.24, 2.45) is 0 Å². The summed E-state index contributed by atoms with van der Waals surface area (Å²) in [6, 6.07) is 14.1. The van der Waals surface area contributed by atoms with Crippen molar-refractivity contribution in [1.82, 2.24) is 4.98 Å². The van der Waals surface area contributed by atoms with Gasteiger partial charge in [0.15, 0.2) is 0 Å². The molecule has 0 bridgehead atoms. The number of aryl methyl sites for hydroxylation is 1. The van der Waals surface area contributed by atoms with E-state index in [0.717, 1.165) is 18.1 Å². The molecule has 1 aromatic carbocycles. The lowest BCUT2D eigenvalue weighted by molar-refractivity contribution is 0.989. The summed E-state index contributed by atoms with van der Waals surface area (Å²) in [5.41, 5.74) is 2.39. The standard InChI is InChI=1S/C14H15ClN2/c1-3-17(12-9-7-11(2)8-10-12)14-6-4-5-13(15)16-14/h4-10H,3H2,1-2H3. The molecule has 1 aromatic heterocycles. The van der Waals surface area contributed by atoms with Gasteiger partial charge in [-0.1, -0.05) is 35.4 Å². The molecule has 0 unspecified atom stereocenters. The van der Waals surface area contributed by atoms with Gasteiger partial charge >= 0.3 is 0 Å². The summed E-state index contributed by atoms with van der Waals surface area (Å²) in [4.78, 5) is 6.46. The largest absolute Gasteiger partial charge is 0.327 e. The van der Waals surface area contributed by atoms with Crippen LogP contribution >= 0.6 is 11.6 Å². The van der Waals surface area contributed by atoms with Crippen molar-refractivity contribution in [3.05, 3.63) is 53.2 Å². The van der Waals surface area contributed by atoms with Gasteiger partial charge in [-0.25, -0.2) is 4.98 Å². The fraction of sp³-hybridized carbons (Fsp3) is 0.214. The first-order valence-electron chi connectivity index (χ1n) is 5.67. The summed E-state index contributed by atoms with van der Waals surface area (Å²) in [6.07, 6.45) is 0. The van der Waals surface area contributed by atoms with Gasteiger partial charge in [-0.2, -0.15) is 0 Å². The van der Waals surface area contributed by atoms with Gasteiger partial charge in [-0.15, -0.1) is 0 Å². The number of benzene rings is 1. The lowest BCUT2D eigenvalue weighted by atomic mass is 10.2. The van der Waals surface area contributed by atoms with Crippen molar-refractivity contribution in [3.63, 3.8) is 0 Å². The zero-order chi connectivity index (χ0) is 12.3. The predicted octanol–water partition coefficient (Wildman–Crippen LogP) is 4.20. The summed E-state index contributed by atoms with van der Waals surface area (Å²) in [5, 5.41) is 0.521. The molecule has 0 amide bonds. The van der Waals surface area contributed by atoms with E-state index in [2.05, 4.69) is 48.0 Å². The Balaban J connectivity index is 2.36. The summed E-state index contributed by atoms with van der Waals surface area (Å²) >= 11 is 5.92. The van der Waals surface area contributed by atoms with E-state index in [-0.39, 0.29) is 0 Å². The van der Waals surface area contributed by atoms with Crippen LogP contribution in [0, 0.1) is 6.92 Å². The fourth-order valence-electron chi connectivity index (χ4n) is 1.75. The Labute approximate surface area is 107 Å². The monoisotopic (exact) mass is 246 g/mol. The van der Waals surface area contributed by atoms with E-state index in [4.69, 9.17) is 11.6 Å². The van der Waals surface area contributed by atoms with Crippen LogP contribution in [-0.4, -0.2) is 11.5 Å². The third-order valence-electron chi connectivity index (χ3n) is 2.64. The van der Waals surface area contributed by atoms with E-state index in [0.29, 0.717) is 5.15 Å². The van der Waals surface area contributed by atoms with E-state index in [1.165, 1.54) is 5.56 Å². The number of hydrogen-bond donors (Lipinski definition) is 0. The predicted molar refractivity (Wildman–Crippen MR) is 73.1 cm³/mol. The molecule has 2 rings (SSSR count). The van der Waals surface area contributed by atoms with Crippen molar-refractivity contribution in [2.45, 2.75) is 13.8 Å². The van der Waals surface area contributed by atoms with Crippen LogP contribution in [0.15, 0.2) is 42.5 Å². The lowest BCUT2D eigenvalue weighted by Crippen LogP contribution is -2.17. The quantitative estimate of drug-likeness (QED) is 0.755. The SMILES string of the molecule is CCN(c1ccc(C)cc1)c1cccc(Cl)n1. The van der Waals surface area contributed by atoms with Crippen LogP contribution in [0.4, 0.5) is 11.5 Å². The van der Waals surface area contributed by atoms with Crippen molar-refractivity contribution in [2.75, 3.05) is 11.4 Å². The number of nitrogens with zero attached hydrogens (tertiary/aromatic N) is 2. The second-order valence-corrected chi connectivity index (χ2v) is 4.29. The van der Waals surface area contributed by atoms with E-state index in [1.54, 1.807) is 6.07 Å². The van der Waals surface area contributed by atoms with Crippen molar-refractivity contribution in [3.8, 4) is 0 Å². The number of anilines is 2. The molecule has 0 aliphatic heterocycles. The van der Waals surface area contributed by atoms with Crippen molar-refractivity contribution >= 4 is 23.1 Å². The van der Waals surface area contributed by atoms with Gasteiger partial charge in [0, 0.05) is 12.2 Å². The van der Waals surface area contributed by atoms with Gasteiger partial charge in [-0.3, -0.25) is 0 Å². The van der Waals surface area contributed by atoms with E-state index < -0.39 is 0 Å². The molecule has 17 heavy (non-hydrogen) atoms. The number of halogens is 1. The fourth-order valence-corrected chi connectivity index (χ4v) is 1.91. The topological polar surface area (TPSA) is 16.1 Å². The van der Waals surface area contributed by atoms with Crippen LogP contribution in [0.1, 0.15) is 12.5 Å². The van der Waals surface area contributed by atoms with Crippen LogP contribution in [-0.2, 0) is 0 Å². The molecular formula is C14H15ClN2. The maximum Gasteiger partial charge on any atom is 0.134 e. The minimum Gasteiger partial charge on any atom is -0.327 e. The molecule has 2 nitrogen and oxygen atoms in total.